The third-order valence-electron chi connectivity index (χ3n) is 5.18. The van der Waals surface area contributed by atoms with Crippen molar-refractivity contribution >= 4 is 5.91 Å². The molecule has 2 saturated heterocycles. The van der Waals surface area contributed by atoms with Crippen LogP contribution in [-0.4, -0.2) is 42.1 Å². The molecule has 0 aromatic heterocycles. The summed E-state index contributed by atoms with van der Waals surface area (Å²) in [5, 5.41) is 3.06. The van der Waals surface area contributed by atoms with Crippen LogP contribution in [0.4, 0.5) is 0 Å². The molecule has 118 valence electrons. The van der Waals surface area contributed by atoms with E-state index in [2.05, 4.69) is 40.5 Å². The van der Waals surface area contributed by atoms with Crippen LogP contribution in [0.2, 0.25) is 0 Å². The lowest BCUT2D eigenvalue weighted by atomic mass is 10.1. The molecule has 1 aliphatic carbocycles. The molecule has 22 heavy (non-hydrogen) atoms. The smallest absolute Gasteiger partial charge is 0.249 e. The summed E-state index contributed by atoms with van der Waals surface area (Å²) in [6.45, 7) is 2.87. The van der Waals surface area contributed by atoms with Gasteiger partial charge in [-0.1, -0.05) is 30.3 Å². The van der Waals surface area contributed by atoms with Crippen molar-refractivity contribution in [1.82, 2.24) is 10.2 Å². The third kappa shape index (κ3) is 3.03. The van der Waals surface area contributed by atoms with Gasteiger partial charge in [-0.05, 0) is 30.7 Å². The average molecular weight is 300 g/mol. The van der Waals surface area contributed by atoms with Crippen LogP contribution >= 0.6 is 0 Å². The van der Waals surface area contributed by atoms with Crippen LogP contribution in [0.5, 0.6) is 0 Å². The first-order valence-corrected chi connectivity index (χ1v) is 8.51. The molecular formula is C18H24N2O2. The van der Waals surface area contributed by atoms with Crippen molar-refractivity contribution in [3.8, 4) is 0 Å². The highest BCUT2D eigenvalue weighted by molar-refractivity contribution is 5.81. The number of rotatable bonds is 5. The molecule has 0 radical (unpaired) electrons. The fourth-order valence-electron chi connectivity index (χ4n) is 3.70. The third-order valence-corrected chi connectivity index (χ3v) is 5.18. The normalized spacial score (nSPS) is 31.2. The lowest BCUT2D eigenvalue weighted by Crippen LogP contribution is -2.37. The molecule has 1 N–H and O–H groups in total. The Balaban J connectivity index is 1.33. The van der Waals surface area contributed by atoms with Gasteiger partial charge in [0.05, 0.1) is 6.10 Å². The lowest BCUT2D eigenvalue weighted by molar-refractivity contribution is -0.132. The predicted octanol–water partition coefficient (Wildman–Crippen LogP) is 1.94. The van der Waals surface area contributed by atoms with Crippen LogP contribution in [0, 0.1) is 5.92 Å². The predicted molar refractivity (Wildman–Crippen MR) is 84.3 cm³/mol. The van der Waals surface area contributed by atoms with Crippen LogP contribution in [0.25, 0.3) is 0 Å². The Morgan fingerprint density at radius 3 is 2.82 bits per heavy atom. The maximum atomic E-state index is 12.2. The first-order valence-electron chi connectivity index (χ1n) is 8.51. The van der Waals surface area contributed by atoms with E-state index in [1.54, 1.807) is 0 Å². The van der Waals surface area contributed by atoms with Crippen molar-refractivity contribution in [2.45, 2.75) is 50.5 Å². The van der Waals surface area contributed by atoms with Crippen molar-refractivity contribution in [2.75, 3.05) is 13.1 Å². The Morgan fingerprint density at radius 1 is 1.23 bits per heavy atom. The zero-order valence-electron chi connectivity index (χ0n) is 12.9. The van der Waals surface area contributed by atoms with Crippen molar-refractivity contribution in [3.63, 3.8) is 0 Å². The van der Waals surface area contributed by atoms with Gasteiger partial charge in [-0.25, -0.2) is 0 Å². The zero-order chi connectivity index (χ0) is 14.9. The van der Waals surface area contributed by atoms with E-state index in [1.807, 2.05) is 0 Å². The van der Waals surface area contributed by atoms with E-state index in [4.69, 9.17) is 4.74 Å². The van der Waals surface area contributed by atoms with E-state index in [-0.39, 0.29) is 18.1 Å². The van der Waals surface area contributed by atoms with Crippen LogP contribution < -0.4 is 5.32 Å². The quantitative estimate of drug-likeness (QED) is 0.903. The number of ether oxygens (including phenoxy) is 1. The molecule has 4 rings (SSSR count). The number of nitrogens with one attached hydrogen (secondary N) is 1. The Bertz CT molecular complexity index is 529. The summed E-state index contributed by atoms with van der Waals surface area (Å²) >= 11 is 0. The number of amides is 1. The minimum Gasteiger partial charge on any atom is -0.363 e. The monoisotopic (exact) mass is 300 g/mol. The van der Waals surface area contributed by atoms with Gasteiger partial charge in [-0.3, -0.25) is 9.69 Å². The van der Waals surface area contributed by atoms with Crippen molar-refractivity contribution < 1.29 is 9.53 Å². The number of carbonyl (C=O) groups excluding carboxylic acids is 1. The molecule has 4 nitrogen and oxygen atoms in total. The van der Waals surface area contributed by atoms with Gasteiger partial charge >= 0.3 is 0 Å². The van der Waals surface area contributed by atoms with E-state index >= 15 is 0 Å². The lowest BCUT2D eigenvalue weighted by Gasteiger charge is -2.22. The number of nitrogens with zero attached hydrogens (tertiary/aromatic N) is 1. The molecule has 1 amide bonds. The van der Waals surface area contributed by atoms with Crippen LogP contribution in [-0.2, 0) is 16.1 Å². The van der Waals surface area contributed by atoms with Gasteiger partial charge in [-0.2, -0.15) is 0 Å². The van der Waals surface area contributed by atoms with Gasteiger partial charge in [0, 0.05) is 32.1 Å². The molecule has 2 heterocycles. The first kappa shape index (κ1) is 14.2. The summed E-state index contributed by atoms with van der Waals surface area (Å²) in [5.41, 5.74) is 1.34. The fraction of sp³-hybridized carbons (Fsp3) is 0.611. The van der Waals surface area contributed by atoms with Gasteiger partial charge in [0.2, 0.25) is 5.91 Å². The van der Waals surface area contributed by atoms with Crippen molar-refractivity contribution in [1.29, 1.82) is 0 Å². The Hall–Kier alpha value is -1.39. The largest absolute Gasteiger partial charge is 0.363 e. The molecule has 3 atom stereocenters. The van der Waals surface area contributed by atoms with Crippen LogP contribution in [0.1, 0.15) is 31.2 Å². The molecular weight excluding hydrogens is 276 g/mol. The number of hydrogen-bond donors (Lipinski definition) is 1. The number of carbonyl (C=O) groups is 1. The van der Waals surface area contributed by atoms with Gasteiger partial charge in [0.1, 0.15) is 6.10 Å². The van der Waals surface area contributed by atoms with Gasteiger partial charge in [0.25, 0.3) is 0 Å². The Labute approximate surface area is 131 Å². The highest BCUT2D eigenvalue weighted by Crippen LogP contribution is 2.34. The summed E-state index contributed by atoms with van der Waals surface area (Å²) in [5.74, 6) is 0.820. The second-order valence-electron chi connectivity index (χ2n) is 6.90. The molecule has 0 bridgehead atoms. The number of fused-ring (bicyclic) bond motifs is 1. The SMILES string of the molecule is O=C(NCC1CC1)[C@@H]1C[C@@H]2[C@@H](CCN2Cc2ccccc2)O1. The van der Waals surface area contributed by atoms with Crippen LogP contribution in [0.3, 0.4) is 0 Å². The van der Waals surface area contributed by atoms with E-state index in [0.717, 1.165) is 38.4 Å². The number of benzene rings is 1. The summed E-state index contributed by atoms with van der Waals surface area (Å²) < 4.78 is 6.01. The Morgan fingerprint density at radius 2 is 2.05 bits per heavy atom. The van der Waals surface area contributed by atoms with E-state index < -0.39 is 0 Å². The molecule has 4 heteroatoms. The molecule has 1 aromatic carbocycles. The standard InChI is InChI=1S/C18H24N2O2/c21-18(19-11-13-6-7-13)17-10-15-16(22-17)8-9-20(15)12-14-4-2-1-3-5-14/h1-5,13,15-17H,6-12H2,(H,19,21)/t15-,16-,17+/m1/s1. The summed E-state index contributed by atoms with van der Waals surface area (Å²) in [7, 11) is 0. The summed E-state index contributed by atoms with van der Waals surface area (Å²) in [6.07, 6.45) is 4.41. The van der Waals surface area contributed by atoms with E-state index in [0.29, 0.717) is 6.04 Å². The first-order chi connectivity index (χ1) is 10.8. The van der Waals surface area contributed by atoms with E-state index in [9.17, 15) is 4.79 Å². The average Bonchev–Trinajstić information content (AvgIpc) is 3.16. The summed E-state index contributed by atoms with van der Waals surface area (Å²) in [6, 6.07) is 11.0. The van der Waals surface area contributed by atoms with Crippen molar-refractivity contribution in [2.24, 2.45) is 5.92 Å². The van der Waals surface area contributed by atoms with Gasteiger partial charge in [-0.15, -0.1) is 0 Å². The molecule has 2 aliphatic heterocycles. The van der Waals surface area contributed by atoms with Gasteiger partial charge < -0.3 is 10.1 Å². The van der Waals surface area contributed by atoms with E-state index in [1.165, 1.54) is 18.4 Å². The highest BCUT2D eigenvalue weighted by Gasteiger charge is 2.45. The minimum atomic E-state index is -0.243. The molecule has 0 spiro atoms. The maximum Gasteiger partial charge on any atom is 0.249 e. The molecule has 3 aliphatic rings. The fourth-order valence-corrected chi connectivity index (χ4v) is 3.70. The topological polar surface area (TPSA) is 41.6 Å². The number of likely N-dealkylation sites (tertiary alicyclic amines) is 1. The number of hydrogen-bond acceptors (Lipinski definition) is 3. The molecule has 0 unspecified atom stereocenters. The molecule has 1 aromatic rings. The van der Waals surface area contributed by atoms with Gasteiger partial charge in [0.15, 0.2) is 0 Å². The highest BCUT2D eigenvalue weighted by atomic mass is 16.5. The zero-order valence-corrected chi connectivity index (χ0v) is 12.9. The van der Waals surface area contributed by atoms with Crippen LogP contribution in [0.15, 0.2) is 30.3 Å². The second-order valence-corrected chi connectivity index (χ2v) is 6.90. The molecule has 1 saturated carbocycles. The maximum absolute atomic E-state index is 12.2. The second kappa shape index (κ2) is 6.01. The Kier molecular flexibility index (Phi) is 3.89. The minimum absolute atomic E-state index is 0.0981. The molecule has 3 fully saturated rings. The summed E-state index contributed by atoms with van der Waals surface area (Å²) in [4.78, 5) is 14.7. The van der Waals surface area contributed by atoms with Crippen molar-refractivity contribution in [3.05, 3.63) is 35.9 Å².